The molecule has 0 bridgehead atoms. The number of alkyl halides is 2. The molecule has 1 N–H and O–H groups in total. The molecule has 0 saturated heterocycles. The highest BCUT2D eigenvalue weighted by Gasteiger charge is 2.34. The van der Waals surface area contributed by atoms with Crippen LogP contribution in [-0.2, 0) is 0 Å². The highest BCUT2D eigenvalue weighted by Crippen LogP contribution is 2.22. The number of hydrogen-bond donors (Lipinski definition) is 1. The van der Waals surface area contributed by atoms with Crippen LogP contribution in [0.25, 0.3) is 0 Å². The molecule has 0 unspecified atom stereocenters. The lowest BCUT2D eigenvalue weighted by Gasteiger charge is -2.05. The molecule has 0 aliphatic rings. The highest BCUT2D eigenvalue weighted by molar-refractivity contribution is 4.77. The van der Waals surface area contributed by atoms with Crippen molar-refractivity contribution >= 4 is 0 Å². The fourth-order valence-corrected chi connectivity index (χ4v) is 0. The van der Waals surface area contributed by atoms with Gasteiger partial charge in [-0.15, -0.1) is 0 Å². The molecule has 4 heteroatoms. The monoisotopic (exact) mass is 113 g/mol. The van der Waals surface area contributed by atoms with Gasteiger partial charge in [0.25, 0.3) is 0 Å². The standard InChI is InChI=1S/C3H4F3O/c1-2(4)3(5,6)7/h7H,1H3. The lowest BCUT2D eigenvalue weighted by Crippen LogP contribution is -2.19. The summed E-state index contributed by atoms with van der Waals surface area (Å²) in [5.74, 6) is 0. The second-order valence-electron chi connectivity index (χ2n) is 1.07. The molecule has 0 amide bonds. The van der Waals surface area contributed by atoms with Gasteiger partial charge in [0.2, 0.25) is 6.17 Å². The topological polar surface area (TPSA) is 20.2 Å². The maximum absolute atomic E-state index is 11.1. The minimum Gasteiger partial charge on any atom is -0.334 e. The Hall–Kier alpha value is -0.250. The normalized spacial score (nSPS) is 12.9. The van der Waals surface area contributed by atoms with E-state index in [4.69, 9.17) is 5.11 Å². The van der Waals surface area contributed by atoms with E-state index >= 15 is 0 Å². The first-order valence-electron chi connectivity index (χ1n) is 1.54. The van der Waals surface area contributed by atoms with Crippen molar-refractivity contribution in [2.24, 2.45) is 0 Å². The van der Waals surface area contributed by atoms with E-state index in [-0.39, 0.29) is 0 Å². The first-order valence-corrected chi connectivity index (χ1v) is 1.54. The Morgan fingerprint density at radius 2 is 1.71 bits per heavy atom. The van der Waals surface area contributed by atoms with Crippen molar-refractivity contribution in [3.63, 3.8) is 0 Å². The van der Waals surface area contributed by atoms with E-state index in [9.17, 15) is 13.2 Å². The van der Waals surface area contributed by atoms with Crippen molar-refractivity contribution in [3.05, 3.63) is 6.17 Å². The van der Waals surface area contributed by atoms with Crippen LogP contribution in [0, 0.1) is 6.17 Å². The van der Waals surface area contributed by atoms with Crippen LogP contribution in [0.5, 0.6) is 0 Å². The summed E-state index contributed by atoms with van der Waals surface area (Å²) < 4.78 is 33.1. The Bertz CT molecular complexity index is 55.7. The predicted molar refractivity (Wildman–Crippen MR) is 17.2 cm³/mol. The van der Waals surface area contributed by atoms with E-state index in [0.29, 0.717) is 6.92 Å². The Morgan fingerprint density at radius 1 is 1.57 bits per heavy atom. The summed E-state index contributed by atoms with van der Waals surface area (Å²) in [4.78, 5) is 0. The van der Waals surface area contributed by atoms with Gasteiger partial charge < -0.3 is 5.11 Å². The van der Waals surface area contributed by atoms with Gasteiger partial charge in [-0.25, -0.2) is 4.39 Å². The van der Waals surface area contributed by atoms with E-state index < -0.39 is 12.3 Å². The maximum atomic E-state index is 11.1. The van der Waals surface area contributed by atoms with Crippen molar-refractivity contribution in [1.82, 2.24) is 0 Å². The third-order valence-electron chi connectivity index (χ3n) is 0.414. The molecule has 0 aromatic heterocycles. The van der Waals surface area contributed by atoms with E-state index in [0.717, 1.165) is 0 Å². The van der Waals surface area contributed by atoms with Crippen molar-refractivity contribution in [3.8, 4) is 0 Å². The molecule has 1 nitrogen and oxygen atoms in total. The average molecular weight is 113 g/mol. The summed E-state index contributed by atoms with van der Waals surface area (Å²) in [5, 5.41) is 7.35. The molecule has 0 atom stereocenters. The fraction of sp³-hybridized carbons (Fsp3) is 0.667. The van der Waals surface area contributed by atoms with Gasteiger partial charge in [0.15, 0.2) is 0 Å². The van der Waals surface area contributed by atoms with Crippen LogP contribution in [0.1, 0.15) is 6.92 Å². The molecule has 0 rings (SSSR count). The third kappa shape index (κ3) is 2.45. The van der Waals surface area contributed by atoms with Crippen molar-refractivity contribution in [1.29, 1.82) is 0 Å². The second kappa shape index (κ2) is 1.69. The summed E-state index contributed by atoms with van der Waals surface area (Å²) in [6.45, 7) is 0.500. The molecule has 7 heavy (non-hydrogen) atoms. The van der Waals surface area contributed by atoms with E-state index in [1.165, 1.54) is 0 Å². The van der Waals surface area contributed by atoms with Crippen LogP contribution >= 0.6 is 0 Å². The van der Waals surface area contributed by atoms with Crippen LogP contribution in [0.2, 0.25) is 0 Å². The van der Waals surface area contributed by atoms with Crippen LogP contribution < -0.4 is 0 Å². The largest absolute Gasteiger partial charge is 0.390 e. The minimum absolute atomic E-state index is 0.500. The molecule has 0 aliphatic heterocycles. The fourth-order valence-electron chi connectivity index (χ4n) is 0. The van der Waals surface area contributed by atoms with Gasteiger partial charge in [-0.1, -0.05) is 0 Å². The molecule has 0 saturated carbocycles. The van der Waals surface area contributed by atoms with Gasteiger partial charge in [0, 0.05) is 0 Å². The van der Waals surface area contributed by atoms with Crippen LogP contribution in [0.3, 0.4) is 0 Å². The molecular formula is C3H4F3O. The molecule has 0 aromatic carbocycles. The quantitative estimate of drug-likeness (QED) is 0.539. The second-order valence-corrected chi connectivity index (χ2v) is 1.07. The summed E-state index contributed by atoms with van der Waals surface area (Å²) >= 11 is 0. The molecule has 0 aromatic rings. The summed E-state index contributed by atoms with van der Waals surface area (Å²) in [6, 6.07) is 0. The third-order valence-corrected chi connectivity index (χ3v) is 0.414. The number of rotatable bonds is 1. The zero-order chi connectivity index (χ0) is 6.08. The van der Waals surface area contributed by atoms with E-state index in [2.05, 4.69) is 0 Å². The van der Waals surface area contributed by atoms with Crippen molar-refractivity contribution < 1.29 is 18.3 Å². The number of aliphatic hydroxyl groups is 1. The summed E-state index contributed by atoms with van der Waals surface area (Å²) in [6.07, 6.45) is -6.03. The Kier molecular flexibility index (Phi) is 1.63. The van der Waals surface area contributed by atoms with Gasteiger partial charge in [0.1, 0.15) is 0 Å². The van der Waals surface area contributed by atoms with Crippen LogP contribution in [0.4, 0.5) is 13.2 Å². The smallest absolute Gasteiger partial charge is 0.334 e. The van der Waals surface area contributed by atoms with Crippen molar-refractivity contribution in [2.45, 2.75) is 13.0 Å². The SMILES string of the molecule is C[C](F)C(O)(F)F. The molecule has 0 heterocycles. The van der Waals surface area contributed by atoms with Crippen molar-refractivity contribution in [2.75, 3.05) is 0 Å². The van der Waals surface area contributed by atoms with Gasteiger partial charge >= 0.3 is 6.11 Å². The lowest BCUT2D eigenvalue weighted by molar-refractivity contribution is -0.201. The molecular weight excluding hydrogens is 109 g/mol. The number of hydrogen-bond acceptors (Lipinski definition) is 1. The van der Waals surface area contributed by atoms with E-state index in [1.807, 2.05) is 0 Å². The molecule has 1 radical (unpaired) electrons. The minimum atomic E-state index is -4.25. The zero-order valence-corrected chi connectivity index (χ0v) is 3.58. The van der Waals surface area contributed by atoms with Gasteiger partial charge in [-0.05, 0) is 6.92 Å². The van der Waals surface area contributed by atoms with Gasteiger partial charge in [0.05, 0.1) is 0 Å². The molecule has 43 valence electrons. The Balaban J connectivity index is 3.54. The maximum Gasteiger partial charge on any atom is 0.390 e. The zero-order valence-electron chi connectivity index (χ0n) is 3.58. The molecule has 0 spiro atoms. The first-order chi connectivity index (χ1) is 2.94. The van der Waals surface area contributed by atoms with Gasteiger partial charge in [-0.3, -0.25) is 0 Å². The Labute approximate surface area is 38.8 Å². The average Bonchev–Trinajstić information content (AvgIpc) is 1.31. The summed E-state index contributed by atoms with van der Waals surface area (Å²) in [7, 11) is 0. The van der Waals surface area contributed by atoms with Crippen LogP contribution in [0.15, 0.2) is 0 Å². The lowest BCUT2D eigenvalue weighted by atomic mass is 10.4. The predicted octanol–water partition coefficient (Wildman–Crippen LogP) is 1.09. The highest BCUT2D eigenvalue weighted by atomic mass is 19.3. The molecule has 0 aliphatic carbocycles. The first kappa shape index (κ1) is 6.75. The van der Waals surface area contributed by atoms with Crippen LogP contribution in [-0.4, -0.2) is 11.2 Å². The van der Waals surface area contributed by atoms with Gasteiger partial charge in [-0.2, -0.15) is 8.78 Å². The Morgan fingerprint density at radius 3 is 1.71 bits per heavy atom. The van der Waals surface area contributed by atoms with E-state index in [1.54, 1.807) is 0 Å². The summed E-state index contributed by atoms with van der Waals surface area (Å²) in [5.41, 5.74) is 0. The number of halogens is 3. The molecule has 0 fully saturated rings.